The van der Waals surface area contributed by atoms with Gasteiger partial charge in [0.05, 0.1) is 37.0 Å². The quantitative estimate of drug-likeness (QED) is 0.606. The Labute approximate surface area is 124 Å². The molecule has 2 rings (SSSR count). The van der Waals surface area contributed by atoms with Crippen molar-refractivity contribution in [2.75, 3.05) is 14.2 Å². The number of ether oxygens (including phenoxy) is 2. The number of benzene rings is 1. The lowest BCUT2D eigenvalue weighted by atomic mass is 9.87. The van der Waals surface area contributed by atoms with Gasteiger partial charge in [0.1, 0.15) is 5.75 Å². The van der Waals surface area contributed by atoms with Gasteiger partial charge in [-0.2, -0.15) is 0 Å². The van der Waals surface area contributed by atoms with Crippen LogP contribution in [0.2, 0.25) is 0 Å². The first-order chi connectivity index (χ1) is 10.3. The van der Waals surface area contributed by atoms with Crippen molar-refractivity contribution in [1.29, 1.82) is 0 Å². The monoisotopic (exact) mass is 310 g/mol. The Hall–Kier alpha value is -2.74. The third kappa shape index (κ3) is 1.88. The summed E-state index contributed by atoms with van der Waals surface area (Å²) in [5, 5.41) is 39.8. The number of rotatable bonds is 3. The van der Waals surface area contributed by atoms with Gasteiger partial charge in [0, 0.05) is 0 Å². The van der Waals surface area contributed by atoms with Gasteiger partial charge in [0.15, 0.2) is 11.5 Å². The molecule has 1 aliphatic carbocycles. The van der Waals surface area contributed by atoms with Gasteiger partial charge in [0.2, 0.25) is 23.1 Å². The van der Waals surface area contributed by atoms with E-state index in [1.54, 1.807) is 0 Å². The first-order valence-corrected chi connectivity index (χ1v) is 6.18. The number of Topliss-reactive ketones (excluding diaryl/α,β-unsaturated/α-hetero) is 2. The van der Waals surface area contributed by atoms with E-state index in [9.17, 15) is 30.0 Å². The molecule has 0 bridgehead atoms. The van der Waals surface area contributed by atoms with Gasteiger partial charge in [-0.3, -0.25) is 9.59 Å². The molecular weight excluding hydrogens is 296 g/mol. The molecule has 0 aromatic heterocycles. The summed E-state index contributed by atoms with van der Waals surface area (Å²) in [5.41, 5.74) is -1.42. The number of fused-ring (bicyclic) bond motifs is 1. The van der Waals surface area contributed by atoms with Gasteiger partial charge in [0.25, 0.3) is 0 Å². The molecule has 4 N–H and O–H groups in total. The number of hydrogen-bond donors (Lipinski definition) is 4. The topological polar surface area (TPSA) is 134 Å². The van der Waals surface area contributed by atoms with Crippen LogP contribution in [0.4, 0.5) is 0 Å². The van der Waals surface area contributed by atoms with E-state index in [4.69, 9.17) is 4.74 Å². The molecule has 1 atom stereocenters. The Morgan fingerprint density at radius 2 is 1.45 bits per heavy atom. The summed E-state index contributed by atoms with van der Waals surface area (Å²) in [6.07, 6.45) is -1.29. The van der Waals surface area contributed by atoms with Crippen molar-refractivity contribution in [2.45, 2.75) is 13.0 Å². The normalized spacial score (nSPS) is 15.6. The van der Waals surface area contributed by atoms with Crippen molar-refractivity contribution >= 4 is 11.6 Å². The molecule has 0 fully saturated rings. The highest BCUT2D eigenvalue weighted by atomic mass is 16.5. The Balaban J connectivity index is 2.94. The van der Waals surface area contributed by atoms with Crippen molar-refractivity contribution < 1.29 is 39.5 Å². The summed E-state index contributed by atoms with van der Waals surface area (Å²) in [4.78, 5) is 24.4. The Morgan fingerprint density at radius 3 is 1.91 bits per heavy atom. The Morgan fingerprint density at radius 1 is 0.909 bits per heavy atom. The van der Waals surface area contributed by atoms with E-state index < -0.39 is 51.8 Å². The van der Waals surface area contributed by atoms with Crippen molar-refractivity contribution in [3.63, 3.8) is 0 Å². The van der Waals surface area contributed by atoms with Crippen molar-refractivity contribution in [3.8, 4) is 17.2 Å². The second kappa shape index (κ2) is 5.23. The minimum Gasteiger partial charge on any atom is -0.507 e. The summed E-state index contributed by atoms with van der Waals surface area (Å²) in [7, 11) is 2.22. The minimum absolute atomic E-state index is 0.253. The van der Waals surface area contributed by atoms with Crippen LogP contribution < -0.4 is 4.74 Å². The first-order valence-electron chi connectivity index (χ1n) is 6.18. The molecule has 0 radical (unpaired) electrons. The van der Waals surface area contributed by atoms with E-state index in [0.29, 0.717) is 0 Å². The highest BCUT2D eigenvalue weighted by Gasteiger charge is 2.41. The zero-order valence-electron chi connectivity index (χ0n) is 12.0. The minimum atomic E-state index is -1.29. The lowest BCUT2D eigenvalue weighted by Gasteiger charge is -2.23. The molecule has 0 spiro atoms. The van der Waals surface area contributed by atoms with E-state index in [1.165, 1.54) is 6.92 Å². The zero-order chi connectivity index (χ0) is 16.8. The summed E-state index contributed by atoms with van der Waals surface area (Å²) in [5.74, 6) is -5.58. The maximum atomic E-state index is 12.3. The number of carbonyl (C=O) groups excluding carboxylic acids is 2. The fraction of sp³-hybridized carbons (Fsp3) is 0.286. The largest absolute Gasteiger partial charge is 0.507 e. The summed E-state index contributed by atoms with van der Waals surface area (Å²) >= 11 is 0. The number of aliphatic hydroxyl groups is 2. The molecule has 1 aliphatic rings. The molecule has 0 aliphatic heterocycles. The van der Waals surface area contributed by atoms with Gasteiger partial charge in [-0.25, -0.2) is 0 Å². The SMILES string of the molecule is COC1=C(O)C(=O)c2c(O)c(OC)c(C(C)O)c(O)c2C1=O. The summed E-state index contributed by atoms with van der Waals surface area (Å²) in [6.45, 7) is 1.28. The first kappa shape index (κ1) is 15.6. The maximum Gasteiger partial charge on any atom is 0.236 e. The molecule has 22 heavy (non-hydrogen) atoms. The van der Waals surface area contributed by atoms with Crippen molar-refractivity contribution in [2.24, 2.45) is 0 Å². The number of phenolic OH excluding ortho intramolecular Hbond substituents is 2. The molecule has 1 aromatic rings. The summed E-state index contributed by atoms with van der Waals surface area (Å²) in [6, 6.07) is 0. The number of hydrogen-bond acceptors (Lipinski definition) is 8. The van der Waals surface area contributed by atoms with E-state index in [1.807, 2.05) is 0 Å². The van der Waals surface area contributed by atoms with Crippen LogP contribution in [0.1, 0.15) is 39.3 Å². The highest BCUT2D eigenvalue weighted by molar-refractivity contribution is 6.27. The van der Waals surface area contributed by atoms with E-state index in [-0.39, 0.29) is 11.3 Å². The molecular formula is C14H14O8. The van der Waals surface area contributed by atoms with Crippen molar-refractivity contribution in [3.05, 3.63) is 28.2 Å². The van der Waals surface area contributed by atoms with Crippen LogP contribution in [0.3, 0.4) is 0 Å². The van der Waals surface area contributed by atoms with E-state index >= 15 is 0 Å². The molecule has 0 heterocycles. The number of methoxy groups -OCH3 is 2. The van der Waals surface area contributed by atoms with Gasteiger partial charge < -0.3 is 29.9 Å². The lowest BCUT2D eigenvalue weighted by Crippen LogP contribution is -2.24. The molecule has 8 nitrogen and oxygen atoms in total. The van der Waals surface area contributed by atoms with Crippen LogP contribution in [0, 0.1) is 0 Å². The molecule has 1 aromatic carbocycles. The number of phenols is 2. The average molecular weight is 310 g/mol. The number of aromatic hydroxyl groups is 2. The third-order valence-electron chi connectivity index (χ3n) is 3.35. The molecule has 1 unspecified atom stereocenters. The molecule has 0 amide bonds. The van der Waals surface area contributed by atoms with Gasteiger partial charge in [-0.05, 0) is 6.92 Å². The van der Waals surface area contributed by atoms with Crippen molar-refractivity contribution in [1.82, 2.24) is 0 Å². The molecule has 0 saturated carbocycles. The number of ketones is 2. The smallest absolute Gasteiger partial charge is 0.236 e. The van der Waals surface area contributed by atoms with Crippen LogP contribution >= 0.6 is 0 Å². The van der Waals surface area contributed by atoms with E-state index in [0.717, 1.165) is 14.2 Å². The predicted molar refractivity (Wildman–Crippen MR) is 72.3 cm³/mol. The Bertz CT molecular complexity index is 714. The number of allylic oxidation sites excluding steroid dienone is 2. The molecule has 0 saturated heterocycles. The lowest BCUT2D eigenvalue weighted by molar-refractivity contribution is 0.0848. The Kier molecular flexibility index (Phi) is 3.72. The van der Waals surface area contributed by atoms with Crippen LogP contribution in [-0.2, 0) is 4.74 Å². The molecule has 118 valence electrons. The standard InChI is InChI=1S/C14H14O8/c1-4(15)5-8(16)6-7(10(18)13(5)21-2)9(17)12(20)14(22-3)11(6)19/h4,15-16,18,20H,1-3H3. The van der Waals surface area contributed by atoms with Gasteiger partial charge in [-0.1, -0.05) is 0 Å². The maximum absolute atomic E-state index is 12.3. The average Bonchev–Trinajstić information content (AvgIpc) is 2.46. The highest BCUT2D eigenvalue weighted by Crippen LogP contribution is 2.48. The number of carbonyl (C=O) groups is 2. The second-order valence-corrected chi connectivity index (χ2v) is 4.61. The van der Waals surface area contributed by atoms with Gasteiger partial charge >= 0.3 is 0 Å². The molecule has 8 heteroatoms. The second-order valence-electron chi connectivity index (χ2n) is 4.61. The number of aliphatic hydroxyl groups excluding tert-OH is 2. The van der Waals surface area contributed by atoms with E-state index in [2.05, 4.69) is 4.74 Å². The van der Waals surface area contributed by atoms with Crippen LogP contribution in [0.5, 0.6) is 17.2 Å². The van der Waals surface area contributed by atoms with Crippen LogP contribution in [0.15, 0.2) is 11.5 Å². The van der Waals surface area contributed by atoms with Gasteiger partial charge in [-0.15, -0.1) is 0 Å². The van der Waals surface area contributed by atoms with Crippen LogP contribution in [-0.4, -0.2) is 46.2 Å². The fourth-order valence-electron chi connectivity index (χ4n) is 2.39. The summed E-state index contributed by atoms with van der Waals surface area (Å²) < 4.78 is 9.56. The predicted octanol–water partition coefficient (Wildman–Crippen LogP) is 0.955. The third-order valence-corrected chi connectivity index (χ3v) is 3.35. The fourth-order valence-corrected chi connectivity index (χ4v) is 2.39. The zero-order valence-corrected chi connectivity index (χ0v) is 12.0. The van der Waals surface area contributed by atoms with Crippen LogP contribution in [0.25, 0.3) is 0 Å².